The number of fused-ring (bicyclic) bond motifs is 1. The molecular weight excluding hydrogens is 446 g/mol. The van der Waals surface area contributed by atoms with E-state index in [1.54, 1.807) is 25.1 Å². The molecule has 0 saturated heterocycles. The SMILES string of the molecule is CCCn1c(-c2cccc(NS(=O)(=O)CC)c2)c(C#N)c2cc(OCc3ccccc3)ccc21. The lowest BCUT2D eigenvalue weighted by Crippen LogP contribution is -2.14. The predicted molar refractivity (Wildman–Crippen MR) is 136 cm³/mol. The number of benzene rings is 3. The van der Waals surface area contributed by atoms with Crippen molar-refractivity contribution in [2.75, 3.05) is 10.5 Å². The summed E-state index contributed by atoms with van der Waals surface area (Å²) in [5.41, 5.74) is 4.59. The molecule has 0 atom stereocenters. The monoisotopic (exact) mass is 473 g/mol. The van der Waals surface area contributed by atoms with Crippen LogP contribution in [0, 0.1) is 11.3 Å². The van der Waals surface area contributed by atoms with Crippen molar-refractivity contribution in [1.82, 2.24) is 4.57 Å². The maximum Gasteiger partial charge on any atom is 0.232 e. The lowest BCUT2D eigenvalue weighted by molar-refractivity contribution is 0.306. The molecule has 0 fully saturated rings. The van der Waals surface area contributed by atoms with Gasteiger partial charge in [0.05, 0.1) is 22.5 Å². The van der Waals surface area contributed by atoms with E-state index in [2.05, 4.69) is 22.3 Å². The van der Waals surface area contributed by atoms with Crippen LogP contribution in [0.1, 0.15) is 31.4 Å². The van der Waals surface area contributed by atoms with Crippen LogP contribution in [0.2, 0.25) is 0 Å². The third-order valence-electron chi connectivity index (χ3n) is 5.63. The highest BCUT2D eigenvalue weighted by Crippen LogP contribution is 2.36. The van der Waals surface area contributed by atoms with Gasteiger partial charge >= 0.3 is 0 Å². The molecule has 0 aliphatic heterocycles. The van der Waals surface area contributed by atoms with Gasteiger partial charge in [0.2, 0.25) is 10.0 Å². The van der Waals surface area contributed by atoms with Crippen LogP contribution in [0.3, 0.4) is 0 Å². The first-order chi connectivity index (χ1) is 16.5. The number of ether oxygens (including phenoxy) is 1. The number of hydrogen-bond donors (Lipinski definition) is 1. The number of sulfonamides is 1. The molecule has 6 nitrogen and oxygen atoms in total. The maximum atomic E-state index is 12.1. The summed E-state index contributed by atoms with van der Waals surface area (Å²) in [7, 11) is -3.41. The molecule has 34 heavy (non-hydrogen) atoms. The molecule has 0 aliphatic carbocycles. The fourth-order valence-corrected chi connectivity index (χ4v) is 4.65. The molecule has 3 aromatic carbocycles. The zero-order valence-electron chi connectivity index (χ0n) is 19.3. The number of nitriles is 1. The van der Waals surface area contributed by atoms with Crippen LogP contribution in [0.15, 0.2) is 72.8 Å². The predicted octanol–water partition coefficient (Wildman–Crippen LogP) is 5.93. The first-order valence-corrected chi connectivity index (χ1v) is 12.9. The molecular formula is C27H27N3O3S. The molecule has 0 aliphatic rings. The van der Waals surface area contributed by atoms with Gasteiger partial charge in [-0.25, -0.2) is 8.42 Å². The van der Waals surface area contributed by atoms with Crippen molar-refractivity contribution >= 4 is 26.6 Å². The summed E-state index contributed by atoms with van der Waals surface area (Å²) >= 11 is 0. The van der Waals surface area contributed by atoms with E-state index in [0.29, 0.717) is 23.6 Å². The first kappa shape index (κ1) is 23.4. The van der Waals surface area contributed by atoms with Gasteiger partial charge in [-0.05, 0) is 49.2 Å². The Morgan fingerprint density at radius 3 is 2.50 bits per heavy atom. The van der Waals surface area contributed by atoms with E-state index in [1.807, 2.05) is 54.6 Å². The number of nitrogens with zero attached hydrogens (tertiary/aromatic N) is 2. The zero-order chi connectivity index (χ0) is 24.1. The molecule has 1 heterocycles. The Balaban J connectivity index is 1.79. The zero-order valence-corrected chi connectivity index (χ0v) is 20.1. The summed E-state index contributed by atoms with van der Waals surface area (Å²) in [6.45, 7) is 4.85. The van der Waals surface area contributed by atoms with Crippen LogP contribution < -0.4 is 9.46 Å². The largest absolute Gasteiger partial charge is 0.489 e. The van der Waals surface area contributed by atoms with E-state index >= 15 is 0 Å². The Hall–Kier alpha value is -3.76. The maximum absolute atomic E-state index is 12.1. The third-order valence-corrected chi connectivity index (χ3v) is 6.94. The summed E-state index contributed by atoms with van der Waals surface area (Å²) in [5.74, 6) is 0.681. The summed E-state index contributed by atoms with van der Waals surface area (Å²) in [6.07, 6.45) is 0.885. The second-order valence-electron chi connectivity index (χ2n) is 8.03. The third kappa shape index (κ3) is 4.92. The number of nitrogens with one attached hydrogen (secondary N) is 1. The number of hydrogen-bond acceptors (Lipinski definition) is 4. The van der Waals surface area contributed by atoms with E-state index in [4.69, 9.17) is 4.74 Å². The molecule has 0 bridgehead atoms. The van der Waals surface area contributed by atoms with Crippen molar-refractivity contribution in [2.45, 2.75) is 33.4 Å². The van der Waals surface area contributed by atoms with Crippen molar-refractivity contribution in [2.24, 2.45) is 0 Å². The van der Waals surface area contributed by atoms with Crippen LogP contribution in [0.25, 0.3) is 22.2 Å². The molecule has 0 unspecified atom stereocenters. The van der Waals surface area contributed by atoms with E-state index in [1.165, 1.54) is 0 Å². The minimum absolute atomic E-state index is 0.0114. The summed E-state index contributed by atoms with van der Waals surface area (Å²) in [4.78, 5) is 0. The van der Waals surface area contributed by atoms with Crippen LogP contribution in [0.4, 0.5) is 5.69 Å². The van der Waals surface area contributed by atoms with Crippen molar-refractivity contribution in [3.63, 3.8) is 0 Å². The Bertz CT molecular complexity index is 1450. The minimum atomic E-state index is -3.41. The molecule has 0 amide bonds. The van der Waals surface area contributed by atoms with Crippen molar-refractivity contribution in [1.29, 1.82) is 5.26 Å². The summed E-state index contributed by atoms with van der Waals surface area (Å²) in [5, 5.41) is 11.0. The summed E-state index contributed by atoms with van der Waals surface area (Å²) in [6, 6.07) is 25.3. The highest BCUT2D eigenvalue weighted by atomic mass is 32.2. The molecule has 1 aromatic heterocycles. The van der Waals surface area contributed by atoms with Crippen LogP contribution >= 0.6 is 0 Å². The highest BCUT2D eigenvalue weighted by molar-refractivity contribution is 7.92. The van der Waals surface area contributed by atoms with Gasteiger partial charge in [-0.15, -0.1) is 0 Å². The van der Waals surface area contributed by atoms with Crippen LogP contribution in [0.5, 0.6) is 5.75 Å². The average Bonchev–Trinajstić information content (AvgIpc) is 3.16. The van der Waals surface area contributed by atoms with E-state index < -0.39 is 10.0 Å². The van der Waals surface area contributed by atoms with Gasteiger partial charge < -0.3 is 9.30 Å². The standard InChI is InChI=1S/C27H27N3O3S/c1-3-15-30-26-14-13-23(33-19-20-9-6-5-7-10-20)17-24(26)25(18-28)27(30)21-11-8-12-22(16-21)29-34(31,32)4-2/h5-14,16-17,29H,3-4,15,19H2,1-2H3. The van der Waals surface area contributed by atoms with Gasteiger partial charge in [0.25, 0.3) is 0 Å². The molecule has 1 N–H and O–H groups in total. The molecule has 4 aromatic rings. The van der Waals surface area contributed by atoms with Gasteiger partial charge in [-0.1, -0.05) is 49.4 Å². The second-order valence-corrected chi connectivity index (χ2v) is 10.0. The topological polar surface area (TPSA) is 84.1 Å². The Morgan fingerprint density at radius 1 is 1.00 bits per heavy atom. The van der Waals surface area contributed by atoms with Gasteiger partial charge in [-0.2, -0.15) is 5.26 Å². The van der Waals surface area contributed by atoms with Crippen molar-refractivity contribution in [3.8, 4) is 23.1 Å². The Kier molecular flexibility index (Phi) is 6.90. The first-order valence-electron chi connectivity index (χ1n) is 11.3. The smallest absolute Gasteiger partial charge is 0.232 e. The van der Waals surface area contributed by atoms with E-state index in [-0.39, 0.29) is 5.75 Å². The molecule has 174 valence electrons. The Morgan fingerprint density at radius 2 is 1.79 bits per heavy atom. The molecule has 0 radical (unpaired) electrons. The lowest BCUT2D eigenvalue weighted by Gasteiger charge is -2.12. The summed E-state index contributed by atoms with van der Waals surface area (Å²) < 4.78 is 34.9. The molecule has 4 rings (SSSR count). The van der Waals surface area contributed by atoms with Crippen molar-refractivity contribution in [3.05, 3.63) is 83.9 Å². The number of rotatable bonds is 9. The second kappa shape index (κ2) is 10.0. The van der Waals surface area contributed by atoms with Gasteiger partial charge in [0, 0.05) is 23.2 Å². The Labute approximate surface area is 200 Å². The normalized spacial score (nSPS) is 11.3. The number of aryl methyl sites for hydroxylation is 1. The van der Waals surface area contributed by atoms with Gasteiger partial charge in [0.15, 0.2) is 0 Å². The minimum Gasteiger partial charge on any atom is -0.489 e. The average molecular weight is 474 g/mol. The highest BCUT2D eigenvalue weighted by Gasteiger charge is 2.20. The lowest BCUT2D eigenvalue weighted by atomic mass is 10.1. The fourth-order valence-electron chi connectivity index (χ4n) is 4.02. The molecule has 7 heteroatoms. The molecule has 0 saturated carbocycles. The number of aromatic nitrogens is 1. The van der Waals surface area contributed by atoms with Crippen molar-refractivity contribution < 1.29 is 13.2 Å². The van der Waals surface area contributed by atoms with E-state index in [9.17, 15) is 13.7 Å². The van der Waals surface area contributed by atoms with E-state index in [0.717, 1.165) is 40.7 Å². The van der Waals surface area contributed by atoms with Gasteiger partial charge in [-0.3, -0.25) is 4.72 Å². The van der Waals surface area contributed by atoms with Crippen LogP contribution in [-0.4, -0.2) is 18.7 Å². The van der Waals surface area contributed by atoms with Crippen LogP contribution in [-0.2, 0) is 23.2 Å². The fraction of sp³-hybridized carbons (Fsp3) is 0.222. The number of anilines is 1. The quantitative estimate of drug-likeness (QED) is 0.326. The molecule has 0 spiro atoms. The van der Waals surface area contributed by atoms with Gasteiger partial charge in [0.1, 0.15) is 18.4 Å².